The number of aromatic amines is 2. The quantitative estimate of drug-likeness (QED) is 0.0398. The molecule has 17 nitrogen and oxygen atoms in total. The molecule has 6 N–H and O–H groups in total. The number of aliphatic hydroxyl groups is 4. The van der Waals surface area contributed by atoms with E-state index < -0.39 is 80.2 Å². The Kier molecular flexibility index (Phi) is 179. The summed E-state index contributed by atoms with van der Waals surface area (Å²) < 4.78 is 83.1. The van der Waals surface area contributed by atoms with Crippen LogP contribution in [0, 0.1) is 467 Å². The van der Waals surface area contributed by atoms with E-state index in [1.165, 1.54) is 115 Å². The van der Waals surface area contributed by atoms with Crippen LogP contribution >= 0.6 is 51.7 Å². The summed E-state index contributed by atoms with van der Waals surface area (Å²) in [6.07, 6.45) is 9.77. The van der Waals surface area contributed by atoms with Crippen LogP contribution in [0.4, 0.5) is 8.78 Å². The van der Waals surface area contributed by atoms with Crippen LogP contribution in [0.2, 0.25) is 0 Å². The van der Waals surface area contributed by atoms with Crippen molar-refractivity contribution in [3.05, 3.63) is 66.2 Å². The van der Waals surface area contributed by atoms with Crippen molar-refractivity contribution >= 4 is 385 Å². The molecule has 2 aromatic rings. The van der Waals surface area contributed by atoms with Crippen LogP contribution in [-0.2, 0) is 352 Å². The largest absolute Gasteiger partial charge is 0.400 e. The average molecular weight is 5860 g/mol. The summed E-state index contributed by atoms with van der Waals surface area (Å²) in [7, 11) is 70.9. The van der Waals surface area contributed by atoms with Gasteiger partial charge >= 0.3 is 11.4 Å². The third kappa shape index (κ3) is 97.1. The zero-order valence-corrected chi connectivity index (χ0v) is 161. The van der Waals surface area contributed by atoms with Crippen molar-refractivity contribution in [3.63, 3.8) is 0 Å². The van der Waals surface area contributed by atoms with E-state index in [2.05, 4.69) is 30.7 Å². The number of aromatic nitrogens is 4. The molecule has 0 bridgehead atoms. The molecule has 9 atom stereocenters. The van der Waals surface area contributed by atoms with Crippen molar-refractivity contribution in [2.75, 3.05) is 38.9 Å². The number of hydrogen-bond acceptors (Lipinski definition) is 19. The first-order valence-electron chi connectivity index (χ1n) is 32.3. The van der Waals surface area contributed by atoms with E-state index in [1.807, 2.05) is 252 Å². The number of H-pyrrole nitrogens is 2. The minimum absolute atomic E-state index is 0. The number of unbranched alkanes of at least 4 members (excludes halogenated alkanes) is 2. The van der Waals surface area contributed by atoms with Crippen molar-refractivity contribution in [3.8, 4) is 0 Å². The first-order valence-corrected chi connectivity index (χ1v) is 84.0. The Morgan fingerprint density at radius 3 is 1.05 bits per heavy atom. The minimum atomic E-state index is -1.81. The number of alkyl halides is 2. The minimum Gasteiger partial charge on any atom is -0.400 e. The predicted octanol–water partition coefficient (Wildman–Crippen LogP) is 7.79. The molecular formula is C46H82F2N5O12PS41U15. The molecule has 0 spiro atoms. The van der Waals surface area contributed by atoms with Crippen molar-refractivity contribution < 1.29 is 517 Å². The first kappa shape index (κ1) is 167. The second kappa shape index (κ2) is 130. The van der Waals surface area contributed by atoms with Crippen molar-refractivity contribution in [1.29, 1.82) is 2.86 Å². The van der Waals surface area contributed by atoms with Crippen molar-refractivity contribution in [2.24, 2.45) is 0 Å². The number of nitrogens with one attached hydrogen (secondary N) is 2. The molecule has 4 fully saturated rings. The first-order chi connectivity index (χ1) is 53.9. The summed E-state index contributed by atoms with van der Waals surface area (Å²) >= 11 is 9.60. The van der Waals surface area contributed by atoms with Gasteiger partial charge in [-0.05, 0) is 92.9 Å². The van der Waals surface area contributed by atoms with Crippen LogP contribution in [0.3, 0.4) is 0 Å². The fourth-order valence-electron chi connectivity index (χ4n) is 8.12. The molecule has 2 aromatic heterocycles. The Morgan fingerprint density at radius 2 is 0.779 bits per heavy atom. The third-order valence-electron chi connectivity index (χ3n) is 12.2. The van der Waals surface area contributed by atoms with Gasteiger partial charge in [-0.2, -0.15) is 0 Å². The van der Waals surface area contributed by atoms with Crippen LogP contribution in [0.15, 0.2) is 43.7 Å². The maximum Gasteiger partial charge on any atom is 0.330 e. The van der Waals surface area contributed by atoms with E-state index in [0.29, 0.717) is 13.2 Å². The molecule has 0 aromatic carbocycles. The van der Waals surface area contributed by atoms with Crippen LogP contribution in [0.1, 0.15) is 147 Å². The third-order valence-corrected chi connectivity index (χ3v) is 96.0. The Labute approximate surface area is 1210 Å². The van der Waals surface area contributed by atoms with Crippen molar-refractivity contribution in [1.82, 2.24) is 23.8 Å². The van der Waals surface area contributed by atoms with Gasteiger partial charge in [0.05, 0.1) is 18.8 Å². The molecule has 4 heterocycles. The van der Waals surface area contributed by atoms with Gasteiger partial charge in [-0.15, -0.1) is 0 Å². The van der Waals surface area contributed by atoms with Gasteiger partial charge in [0.25, 0.3) is 19.6 Å². The van der Waals surface area contributed by atoms with Crippen LogP contribution in [-0.4, -0.2) is 145 Å². The molecule has 6 rings (SSSR count). The van der Waals surface area contributed by atoms with E-state index in [-0.39, 0.29) is 493 Å². The molecule has 2 saturated carbocycles. The average Bonchev–Trinajstić information content (AvgIpc) is 0.982. The van der Waals surface area contributed by atoms with Crippen LogP contribution in [0.25, 0.3) is 0 Å². The Bertz CT molecular complexity index is 4940. The van der Waals surface area contributed by atoms with Gasteiger partial charge in [0.15, 0.2) is 24.8 Å². The molecule has 76 heteroatoms. The Balaban J connectivity index is -0.000000100. The number of ether oxygens (including phenoxy) is 2. The SMILES string of the molecule is OCCCCSSC1CCCCC1.S=S=S=S=S=S=S=S=S=S=S=S=S=S=S=S=S=S=S=S=S=S=S=S=S=S=S=S=S=S=S=S=S=S=S=S=S.[2H]CC1OC(n2ccc(=O)[nH]c2=O)C(F)C1O.[2H]CC1OC(n2ccc(=O)[nH]c2=O)C(F)C1OP(OCCCCSSC1CCCCC1)N(C(C)C)C(C)C.[3H]OC.[3H]OC.[U].[U].[U].[U].[U].[U].[U].[U].[U].[U].[U].[U].[U].[U].[U]. The van der Waals surface area contributed by atoms with Crippen LogP contribution in [0.5, 0.6) is 0 Å². The van der Waals surface area contributed by atoms with E-state index in [0.717, 1.165) is 63.0 Å². The van der Waals surface area contributed by atoms with E-state index in [9.17, 15) is 28.7 Å². The standard InChI is InChI=1S/C25H43FN3O5PS2.C10H20OS2.C9H11FN2O4.2CH4O.S37.15U/c1-17(2)29(18(3)4)35(32-15-9-10-16-36-37-20-11-7-6-8-12-20)34-23-19(5)33-24(22(23)26)28-14-13-21(30)27-25(28)31;11-8-4-5-9-12-13-10-6-2-1-3-7-10;1-4-7(14)6(10)8(16-4)12-3-2-5(13)11-9(12)15;2*1-2;1-3-5-7-9-11-13-15-17-19-21-23-25-27-29-31-33-35-37-36-34-32-30-28-26-24-22-20-18-16-14-12-10-8-6-4-2;;;;;;;;;;;;;;;/h13-14,17-20,22-24H,6-12,15-16H2,1-5H3,(H,27,30,31);10-11H,1-9H2;2-4,6-8,14H,1H3,(H,11,13,15);2*2H,1H3;;;;;;;;;;;;;;;;/i5D;;1D;2*2T;;;;;;;;;;;;;;;;. The maximum atomic E-state index is 15.7. The molecular weight excluding hydrogens is 5770 g/mol. The predicted molar refractivity (Wildman–Crippen MR) is 556 cm³/mol. The van der Waals surface area contributed by atoms with Gasteiger partial charge in [-0.1, -0.05) is 81.7 Å². The summed E-state index contributed by atoms with van der Waals surface area (Å²) in [5, 5.41) is 26.7. The molecule has 0 radical (unpaired) electrons. The van der Waals surface area contributed by atoms with Gasteiger partial charge < -0.3 is 39.0 Å². The van der Waals surface area contributed by atoms with E-state index in [4.69, 9.17) is 51.6 Å². The normalized spacial score (nSPS) is 17.3. The maximum absolute atomic E-state index is 15.7. The van der Waals surface area contributed by atoms with Gasteiger partial charge in [0.2, 0.25) is 2.86 Å². The molecule has 2 saturated heterocycles. The molecule has 4 aliphatic rings. The van der Waals surface area contributed by atoms with Crippen LogP contribution < -0.4 is 22.5 Å². The molecule has 122 heavy (non-hydrogen) atoms. The van der Waals surface area contributed by atoms with Gasteiger partial charge in [-0.3, -0.25) is 28.7 Å². The second-order valence-corrected chi connectivity index (χ2v) is 88.5. The number of rotatable bonds is 21. The summed E-state index contributed by atoms with van der Waals surface area (Å²) in [6.45, 7) is 8.49. The zero-order chi connectivity index (χ0) is 81.8. The Morgan fingerprint density at radius 1 is 0.492 bits per heavy atom. The summed E-state index contributed by atoms with van der Waals surface area (Å²) in [4.78, 5) is 50.0. The smallest absolute Gasteiger partial charge is 0.330 e. The topological polar surface area (TPSA) is 231 Å². The fourth-order valence-corrected chi connectivity index (χ4v) is 106. The molecule has 2 aliphatic heterocycles. The molecule has 2 aliphatic carbocycles. The number of hydrogen-bond donors (Lipinski definition) is 6. The number of nitrogens with zero attached hydrogens (tertiary/aromatic N) is 3. The second-order valence-electron chi connectivity index (χ2n) is 19.6. The van der Waals surface area contributed by atoms with Gasteiger partial charge in [0.1, 0.15) is 12.2 Å². The summed E-state index contributed by atoms with van der Waals surface area (Å²) in [5.41, 5.74) is -2.75. The Hall–Kier alpha value is 22.6. The van der Waals surface area contributed by atoms with Gasteiger partial charge in [0, 0.05) is 882 Å². The number of halogens is 2. The molecule has 0 amide bonds. The monoisotopic (exact) mass is 5850 g/mol. The molecule has 9 unspecified atom stereocenters. The summed E-state index contributed by atoms with van der Waals surface area (Å²) in [6, 6.07) is 2.38. The summed E-state index contributed by atoms with van der Waals surface area (Å²) in [5.74, 6) is 2.28. The van der Waals surface area contributed by atoms with Gasteiger partial charge in [-0.25, -0.2) is 23.0 Å². The van der Waals surface area contributed by atoms with Crippen molar-refractivity contribution in [2.45, 2.75) is 203 Å². The molecule has 688 valence electrons. The number of aliphatic hydroxyl groups excluding tert-OH is 4. The van der Waals surface area contributed by atoms with E-state index in [1.54, 1.807) is 107 Å². The van der Waals surface area contributed by atoms with E-state index >= 15 is 4.39 Å². The zero-order valence-electron chi connectivity index (χ0n) is 68.1. The fraction of sp³-hybridized carbons (Fsp3) is 0.826.